The van der Waals surface area contributed by atoms with Crippen molar-refractivity contribution in [3.8, 4) is 23.0 Å². The molecule has 0 aromatic heterocycles. The second-order valence-electron chi connectivity index (χ2n) is 10.1. The Morgan fingerprint density at radius 1 is 0.481 bits per heavy atom. The molecule has 0 saturated heterocycles. The molecule has 0 spiro atoms. The molecule has 0 saturated carbocycles. The van der Waals surface area contributed by atoms with Gasteiger partial charge in [-0.25, -0.2) is 22.8 Å². The van der Waals surface area contributed by atoms with Crippen molar-refractivity contribution in [3.63, 3.8) is 0 Å². The number of aromatic carboxylic acids is 2. The van der Waals surface area contributed by atoms with Crippen molar-refractivity contribution in [1.29, 1.82) is 0 Å². The molecule has 54 heavy (non-hydrogen) atoms. The fourth-order valence-corrected chi connectivity index (χ4v) is 7.33. The summed E-state index contributed by atoms with van der Waals surface area (Å²) in [6.07, 6.45) is 0. The molecule has 4 aromatic rings. The van der Waals surface area contributed by atoms with Crippen LogP contribution in [0.2, 0.25) is 55.2 Å². The molecule has 4 N–H and O–H groups in total. The van der Waals surface area contributed by atoms with E-state index in [0.717, 1.165) is 14.0 Å². The number of carbonyl (C=O) groups excluding carboxylic acids is 2. The largest absolute Gasteiger partial charge is 0.478 e. The van der Waals surface area contributed by atoms with Crippen LogP contribution in [-0.2, 0) is 0 Å². The van der Waals surface area contributed by atoms with Gasteiger partial charge in [0.15, 0.2) is 40.4 Å². The number of carbonyl (C=O) groups is 4. The van der Waals surface area contributed by atoms with Gasteiger partial charge >= 0.3 is 11.9 Å². The number of carboxylic acids is 2. The Bertz CT molecular complexity index is 2320. The highest BCUT2D eigenvalue weighted by Gasteiger charge is 2.35. The fourth-order valence-electron chi connectivity index (χ4n) is 4.42. The number of rotatable bonds is 9. The van der Waals surface area contributed by atoms with Crippen LogP contribution in [0.5, 0.6) is 23.0 Å². The Labute approximate surface area is 354 Å². The van der Waals surface area contributed by atoms with Crippen molar-refractivity contribution in [2.75, 3.05) is 12.4 Å². The van der Waals surface area contributed by atoms with Gasteiger partial charge < -0.3 is 30.3 Å². The number of benzene rings is 4. The van der Waals surface area contributed by atoms with E-state index in [4.69, 9.17) is 137 Å². The van der Waals surface area contributed by atoms with Gasteiger partial charge in [-0.3, -0.25) is 9.59 Å². The first-order valence-electron chi connectivity index (χ1n) is 13.5. The van der Waals surface area contributed by atoms with Gasteiger partial charge in [0.2, 0.25) is 0 Å². The van der Waals surface area contributed by atoms with E-state index >= 15 is 0 Å². The smallest absolute Gasteiger partial charge is 0.338 e. The van der Waals surface area contributed by atoms with Crippen LogP contribution in [0.25, 0.3) is 0 Å². The van der Waals surface area contributed by atoms with Crippen LogP contribution < -0.4 is 20.1 Å². The normalized spacial score (nSPS) is 11.0. The van der Waals surface area contributed by atoms with Crippen LogP contribution >= 0.6 is 128 Å². The van der Waals surface area contributed by atoms with E-state index in [2.05, 4.69) is 5.32 Å². The van der Waals surface area contributed by atoms with Gasteiger partial charge in [-0.05, 0) is 6.92 Å². The molecule has 0 fully saturated rings. The number of ether oxygens (including phenoxy) is 2. The number of nitrogens with one attached hydrogen (secondary N) is 2. The van der Waals surface area contributed by atoms with E-state index in [0.29, 0.717) is 0 Å². The summed E-state index contributed by atoms with van der Waals surface area (Å²) in [5.41, 5.74) is -5.72. The van der Waals surface area contributed by atoms with Gasteiger partial charge in [-0.2, -0.15) is 0 Å². The third-order valence-electron chi connectivity index (χ3n) is 6.98. The van der Waals surface area contributed by atoms with Crippen molar-refractivity contribution in [3.05, 3.63) is 101 Å². The molecule has 0 aliphatic carbocycles. The van der Waals surface area contributed by atoms with Crippen LogP contribution in [0.15, 0.2) is 0 Å². The Morgan fingerprint density at radius 2 is 0.815 bits per heavy atom. The zero-order valence-electron chi connectivity index (χ0n) is 25.6. The molecule has 0 atom stereocenters. The van der Waals surface area contributed by atoms with Crippen LogP contribution in [0.4, 0.5) is 18.9 Å². The quantitative estimate of drug-likeness (QED) is 0.0956. The highest BCUT2D eigenvalue weighted by molar-refractivity contribution is 6.52. The summed E-state index contributed by atoms with van der Waals surface area (Å²) >= 11 is 69.1. The summed E-state index contributed by atoms with van der Waals surface area (Å²) in [6.45, 7) is 0.877. The molecule has 10 nitrogen and oxygen atoms in total. The zero-order chi connectivity index (χ0) is 41.0. The van der Waals surface area contributed by atoms with E-state index in [1.807, 2.05) is 0 Å². The summed E-state index contributed by atoms with van der Waals surface area (Å²) in [4.78, 5) is 50.2. The molecular formula is C30H10Cl11F3N2O8. The number of amides is 2. The van der Waals surface area contributed by atoms with Gasteiger partial charge in [0, 0.05) is 12.6 Å². The van der Waals surface area contributed by atoms with Gasteiger partial charge in [-0.1, -0.05) is 128 Å². The molecule has 4 aromatic carbocycles. The zero-order valence-corrected chi connectivity index (χ0v) is 34.0. The molecule has 0 radical (unpaired) electrons. The third-order valence-corrected chi connectivity index (χ3v) is 11.3. The lowest BCUT2D eigenvalue weighted by atomic mass is 10.0. The summed E-state index contributed by atoms with van der Waals surface area (Å²) in [7, 11) is 1.16. The molecular weight excluding hydrogens is 963 g/mol. The first-order chi connectivity index (χ1) is 25.0. The van der Waals surface area contributed by atoms with Gasteiger partial charge in [-0.15, -0.1) is 0 Å². The maximum absolute atomic E-state index is 14.9. The van der Waals surface area contributed by atoms with Crippen LogP contribution in [0.1, 0.15) is 47.0 Å². The van der Waals surface area contributed by atoms with E-state index in [9.17, 15) is 42.6 Å². The Balaban J connectivity index is 1.90. The Kier molecular flexibility index (Phi) is 13.7. The standard InChI is InChI=1S/C30H10Cl11F3N2O8/c1-3-19(42)18(41)21(44)22(20(3)43)46-28(48)5-7(30(51)52)9(32)13(36)24(11(5)34)54-26-16(39)14(37)25(15(38)17(26)40)53-23-10(33)4(27(47)45-2)6(29(49)50)8(31)12(23)35/h1-2H3,(H,45,47)(H,46,48)(H,49,50)(H,51,52). The molecule has 4 rings (SSSR count). The second kappa shape index (κ2) is 16.8. The van der Waals surface area contributed by atoms with Crippen LogP contribution in [0, 0.1) is 24.4 Å². The average Bonchev–Trinajstić information content (AvgIpc) is 3.12. The number of halogens is 14. The van der Waals surface area contributed by atoms with Crippen molar-refractivity contribution in [2.45, 2.75) is 6.92 Å². The third kappa shape index (κ3) is 7.58. The van der Waals surface area contributed by atoms with Gasteiger partial charge in [0.1, 0.15) is 40.8 Å². The van der Waals surface area contributed by atoms with Crippen molar-refractivity contribution in [1.82, 2.24) is 5.32 Å². The van der Waals surface area contributed by atoms with Crippen LogP contribution in [-0.4, -0.2) is 41.0 Å². The predicted octanol–water partition coefficient (Wildman–Crippen LogP) is 13.2. The minimum atomic E-state index is -1.91. The minimum absolute atomic E-state index is 0.623. The lowest BCUT2D eigenvalue weighted by Crippen LogP contribution is -2.22. The lowest BCUT2D eigenvalue weighted by Gasteiger charge is -2.21. The lowest BCUT2D eigenvalue weighted by molar-refractivity contribution is 0.0683. The molecule has 0 aliphatic heterocycles. The van der Waals surface area contributed by atoms with Crippen LogP contribution in [0.3, 0.4) is 0 Å². The molecule has 286 valence electrons. The SMILES string of the molecule is CNC(=O)c1c(Cl)c(Oc2c(Cl)c(Cl)c(Oc3c(Cl)c(Cl)c(C(=O)O)c(C(=O)Nc4c(F)c(C)c(F)c(Cl)c4F)c3Cl)c(Cl)c2Cl)c(Cl)c(Cl)c1C(=O)O. The molecule has 0 unspecified atom stereocenters. The van der Waals surface area contributed by atoms with Crippen molar-refractivity contribution in [2.24, 2.45) is 0 Å². The van der Waals surface area contributed by atoms with Crippen molar-refractivity contribution >= 4 is 157 Å². The Hall–Kier alpha value is -2.66. The summed E-state index contributed by atoms with van der Waals surface area (Å²) in [5.74, 6) is -13.9. The molecule has 0 aliphatic rings. The molecule has 2 amide bonds. The first-order valence-corrected chi connectivity index (χ1v) is 17.6. The summed E-state index contributed by atoms with van der Waals surface area (Å²) < 4.78 is 55.1. The van der Waals surface area contributed by atoms with Crippen molar-refractivity contribution < 1.29 is 52.0 Å². The number of carboxylic acid groups (broad SMARTS) is 2. The number of anilines is 1. The van der Waals surface area contributed by atoms with Gasteiger partial charge in [0.05, 0.1) is 42.3 Å². The van der Waals surface area contributed by atoms with E-state index in [1.165, 1.54) is 0 Å². The second-order valence-corrected chi connectivity index (χ2v) is 14.2. The number of hydrogen-bond donors (Lipinski definition) is 4. The highest BCUT2D eigenvalue weighted by atomic mass is 35.5. The summed E-state index contributed by atoms with van der Waals surface area (Å²) in [5, 5.41) is 15.1. The number of hydrogen-bond acceptors (Lipinski definition) is 6. The van der Waals surface area contributed by atoms with E-state index in [1.54, 1.807) is 5.32 Å². The maximum Gasteiger partial charge on any atom is 0.338 e. The fraction of sp³-hybridized carbons (Fsp3) is 0.0667. The summed E-state index contributed by atoms with van der Waals surface area (Å²) in [6, 6.07) is 0. The van der Waals surface area contributed by atoms with E-state index in [-0.39, 0.29) is 0 Å². The van der Waals surface area contributed by atoms with Gasteiger partial charge in [0.25, 0.3) is 11.8 Å². The molecule has 0 bridgehead atoms. The highest BCUT2D eigenvalue weighted by Crippen LogP contribution is 2.56. The first kappa shape index (κ1) is 44.1. The van der Waals surface area contributed by atoms with E-state index < -0.39 is 153 Å². The Morgan fingerprint density at radius 3 is 1.17 bits per heavy atom. The topological polar surface area (TPSA) is 151 Å². The molecule has 0 heterocycles. The minimum Gasteiger partial charge on any atom is -0.478 e. The monoisotopic (exact) mass is 968 g/mol. The molecule has 24 heteroatoms. The maximum atomic E-state index is 14.9. The predicted molar refractivity (Wildman–Crippen MR) is 201 cm³/mol. The average molecular weight is 973 g/mol.